The summed E-state index contributed by atoms with van der Waals surface area (Å²) in [4.78, 5) is 14.0. The minimum absolute atomic E-state index is 0.0684. The summed E-state index contributed by atoms with van der Waals surface area (Å²) < 4.78 is 5.31. The lowest BCUT2D eigenvalue weighted by molar-refractivity contribution is -0.120. The zero-order chi connectivity index (χ0) is 10.7. The Morgan fingerprint density at radius 1 is 1.33 bits per heavy atom. The van der Waals surface area contributed by atoms with Gasteiger partial charge in [0.2, 0.25) is 0 Å². The number of carbonyl (C=O) groups is 1. The first-order valence-electron chi connectivity index (χ1n) is 5.24. The number of ketones is 1. The van der Waals surface area contributed by atoms with Crippen LogP contribution in [-0.4, -0.2) is 42.4 Å². The fourth-order valence-corrected chi connectivity index (χ4v) is 4.04. The van der Waals surface area contributed by atoms with E-state index in [1.54, 1.807) is 6.92 Å². The number of thiol groups is 1. The third-order valence-corrected chi connectivity index (χ3v) is 4.95. The summed E-state index contributed by atoms with van der Waals surface area (Å²) in [5.41, 5.74) is 0. The Balaban J connectivity index is 2.07. The van der Waals surface area contributed by atoms with E-state index in [0.29, 0.717) is 0 Å². The van der Waals surface area contributed by atoms with E-state index >= 15 is 0 Å². The van der Waals surface area contributed by atoms with Gasteiger partial charge >= 0.3 is 0 Å². The maximum absolute atomic E-state index is 11.7. The van der Waals surface area contributed by atoms with Crippen molar-refractivity contribution in [2.75, 3.05) is 26.3 Å². The molecule has 3 nitrogen and oxygen atoms in total. The molecule has 2 rings (SSSR count). The molecule has 0 aliphatic carbocycles. The van der Waals surface area contributed by atoms with Crippen LogP contribution < -0.4 is 0 Å². The number of hydrogen-bond acceptors (Lipinski definition) is 3. The molecule has 0 saturated carbocycles. The summed E-state index contributed by atoms with van der Waals surface area (Å²) in [6.07, 6.45) is 4.09. The molecule has 0 radical (unpaired) electrons. The standard InChI is InChI=1S/C11H17NO2S/c1-10(13)11(15-8-2-3-9-15)12-4-6-14-7-5-12/h2-3,8-9,11,15H,4-7H2,1H3. The van der Waals surface area contributed by atoms with Crippen molar-refractivity contribution in [3.63, 3.8) is 0 Å². The highest BCUT2D eigenvalue weighted by atomic mass is 32.2. The first-order valence-corrected chi connectivity index (χ1v) is 6.78. The number of ether oxygens (including phenoxy) is 1. The van der Waals surface area contributed by atoms with Gasteiger partial charge in [-0.3, -0.25) is 9.69 Å². The van der Waals surface area contributed by atoms with Gasteiger partial charge in [-0.25, -0.2) is 0 Å². The Labute approximate surface area is 93.1 Å². The Bertz CT molecular complexity index is 283. The van der Waals surface area contributed by atoms with Gasteiger partial charge in [0.25, 0.3) is 0 Å². The highest BCUT2D eigenvalue weighted by Gasteiger charge is 2.28. The molecule has 4 heteroatoms. The highest BCUT2D eigenvalue weighted by molar-refractivity contribution is 8.23. The molecule has 0 aromatic heterocycles. The van der Waals surface area contributed by atoms with E-state index in [-0.39, 0.29) is 11.2 Å². The minimum Gasteiger partial charge on any atom is -0.379 e. The largest absolute Gasteiger partial charge is 0.379 e. The summed E-state index contributed by atoms with van der Waals surface area (Å²) >= 11 is 0. The van der Waals surface area contributed by atoms with Crippen molar-refractivity contribution < 1.29 is 9.53 Å². The van der Waals surface area contributed by atoms with E-state index in [1.807, 2.05) is 12.2 Å². The summed E-state index contributed by atoms with van der Waals surface area (Å²) in [5, 5.41) is 4.40. The number of carbonyl (C=O) groups excluding carboxylic acids is 1. The average molecular weight is 227 g/mol. The number of morpholine rings is 1. The molecular weight excluding hydrogens is 210 g/mol. The van der Waals surface area contributed by atoms with Gasteiger partial charge in [-0.15, -0.1) is 0 Å². The zero-order valence-corrected chi connectivity index (χ0v) is 9.82. The van der Waals surface area contributed by atoms with Crippen molar-refractivity contribution in [1.82, 2.24) is 4.90 Å². The predicted octanol–water partition coefficient (Wildman–Crippen LogP) is 1.28. The second-order valence-electron chi connectivity index (χ2n) is 3.76. The van der Waals surface area contributed by atoms with Gasteiger partial charge in [0.1, 0.15) is 5.37 Å². The lowest BCUT2D eigenvalue weighted by Gasteiger charge is -2.36. The first-order chi connectivity index (χ1) is 7.29. The lowest BCUT2D eigenvalue weighted by atomic mass is 10.3. The predicted molar refractivity (Wildman–Crippen MR) is 64.1 cm³/mol. The van der Waals surface area contributed by atoms with Gasteiger partial charge in [0.15, 0.2) is 5.78 Å². The fraction of sp³-hybridized carbons (Fsp3) is 0.545. The molecule has 1 saturated heterocycles. The maximum atomic E-state index is 11.7. The minimum atomic E-state index is -0.411. The monoisotopic (exact) mass is 227 g/mol. The van der Waals surface area contributed by atoms with Crippen molar-refractivity contribution in [2.24, 2.45) is 0 Å². The second kappa shape index (κ2) is 4.96. The van der Waals surface area contributed by atoms with Crippen LogP contribution >= 0.6 is 10.9 Å². The van der Waals surface area contributed by atoms with Gasteiger partial charge in [-0.1, -0.05) is 12.2 Å². The van der Waals surface area contributed by atoms with Gasteiger partial charge in [0, 0.05) is 13.1 Å². The van der Waals surface area contributed by atoms with Crippen molar-refractivity contribution in [1.29, 1.82) is 0 Å². The van der Waals surface area contributed by atoms with Crippen LogP contribution in [-0.2, 0) is 9.53 Å². The molecule has 1 atom stereocenters. The third kappa shape index (κ3) is 2.51. The van der Waals surface area contributed by atoms with E-state index < -0.39 is 10.9 Å². The molecule has 0 aromatic rings. The molecule has 0 N–H and O–H groups in total. The molecule has 2 aliphatic rings. The molecule has 1 fully saturated rings. The van der Waals surface area contributed by atoms with Crippen LogP contribution in [0.5, 0.6) is 0 Å². The van der Waals surface area contributed by atoms with Gasteiger partial charge < -0.3 is 4.74 Å². The number of nitrogens with zero attached hydrogens (tertiary/aromatic N) is 1. The van der Waals surface area contributed by atoms with E-state index in [1.165, 1.54) is 0 Å². The van der Waals surface area contributed by atoms with Crippen LogP contribution in [0.2, 0.25) is 0 Å². The van der Waals surface area contributed by atoms with Crippen LogP contribution in [0.3, 0.4) is 0 Å². The number of Topliss-reactive ketones (excluding diaryl/α,β-unsaturated/α-hetero) is 1. The molecule has 0 amide bonds. The topological polar surface area (TPSA) is 29.5 Å². The zero-order valence-electron chi connectivity index (χ0n) is 8.93. The Morgan fingerprint density at radius 2 is 1.93 bits per heavy atom. The number of rotatable bonds is 3. The van der Waals surface area contributed by atoms with Crippen molar-refractivity contribution in [2.45, 2.75) is 12.3 Å². The average Bonchev–Trinajstić information content (AvgIpc) is 2.72. The van der Waals surface area contributed by atoms with Gasteiger partial charge in [-0.05, 0) is 17.7 Å². The molecule has 84 valence electrons. The SMILES string of the molecule is CC(=O)C(N1CCOCC1)[SH]1C=CC=C1. The van der Waals surface area contributed by atoms with Crippen molar-refractivity contribution in [3.8, 4) is 0 Å². The van der Waals surface area contributed by atoms with E-state index in [2.05, 4.69) is 15.7 Å². The Kier molecular flexibility index (Phi) is 3.61. The van der Waals surface area contributed by atoms with E-state index in [4.69, 9.17) is 4.74 Å². The van der Waals surface area contributed by atoms with E-state index in [9.17, 15) is 4.79 Å². The lowest BCUT2D eigenvalue weighted by Crippen LogP contribution is -2.46. The van der Waals surface area contributed by atoms with Crippen LogP contribution in [0, 0.1) is 0 Å². The molecule has 1 unspecified atom stereocenters. The number of allylic oxidation sites excluding steroid dienone is 2. The van der Waals surface area contributed by atoms with Gasteiger partial charge in [-0.2, -0.15) is 10.9 Å². The Hall–Kier alpha value is -0.580. The van der Waals surface area contributed by atoms with Crippen LogP contribution in [0.1, 0.15) is 6.92 Å². The van der Waals surface area contributed by atoms with Crippen LogP contribution in [0.15, 0.2) is 23.0 Å². The summed E-state index contributed by atoms with van der Waals surface area (Å²) in [6, 6.07) is 0. The molecule has 2 heterocycles. The molecule has 0 aromatic carbocycles. The normalized spacial score (nSPS) is 25.8. The molecular formula is C11H17NO2S. The summed E-state index contributed by atoms with van der Waals surface area (Å²) in [6.45, 7) is 4.96. The molecule has 0 spiro atoms. The van der Waals surface area contributed by atoms with Gasteiger partial charge in [0.05, 0.1) is 13.2 Å². The fourth-order valence-electron chi connectivity index (χ4n) is 1.99. The summed E-state index contributed by atoms with van der Waals surface area (Å²) in [7, 11) is -0.411. The highest BCUT2D eigenvalue weighted by Crippen LogP contribution is 2.40. The van der Waals surface area contributed by atoms with E-state index in [0.717, 1.165) is 26.3 Å². The second-order valence-corrected chi connectivity index (χ2v) is 5.74. The third-order valence-electron chi connectivity index (χ3n) is 2.67. The maximum Gasteiger partial charge on any atom is 0.156 e. The molecule has 0 bridgehead atoms. The quantitative estimate of drug-likeness (QED) is 0.736. The van der Waals surface area contributed by atoms with Crippen molar-refractivity contribution >= 4 is 16.7 Å². The Morgan fingerprint density at radius 3 is 2.47 bits per heavy atom. The number of hydrogen-bond donors (Lipinski definition) is 1. The van der Waals surface area contributed by atoms with Crippen LogP contribution in [0.25, 0.3) is 0 Å². The summed E-state index contributed by atoms with van der Waals surface area (Å²) in [5.74, 6) is 0.277. The molecule has 2 aliphatic heterocycles. The molecule has 15 heavy (non-hydrogen) atoms. The van der Waals surface area contributed by atoms with Crippen molar-refractivity contribution in [3.05, 3.63) is 23.0 Å². The van der Waals surface area contributed by atoms with Crippen LogP contribution in [0.4, 0.5) is 0 Å². The first kappa shape index (κ1) is 10.9. The smallest absolute Gasteiger partial charge is 0.156 e.